The normalized spacial score (nSPS) is 12.3. The molecular weight excluding hydrogens is 240 g/mol. The summed E-state index contributed by atoms with van der Waals surface area (Å²) in [7, 11) is 0. The number of allylic oxidation sites excluding steroid dienone is 1. The predicted molar refractivity (Wildman–Crippen MR) is 75.5 cm³/mol. The molecule has 3 nitrogen and oxygen atoms in total. The Morgan fingerprint density at radius 1 is 1.21 bits per heavy atom. The molecule has 0 spiro atoms. The smallest absolute Gasteiger partial charge is 0.306 e. The van der Waals surface area contributed by atoms with Crippen molar-refractivity contribution in [2.45, 2.75) is 26.7 Å². The van der Waals surface area contributed by atoms with Gasteiger partial charge in [0.05, 0.1) is 13.0 Å². The minimum absolute atomic E-state index is 0.0283. The zero-order valence-electron chi connectivity index (χ0n) is 11.5. The first-order chi connectivity index (χ1) is 9.17. The number of ketones is 1. The maximum atomic E-state index is 12.0. The average molecular weight is 260 g/mol. The lowest BCUT2D eigenvalue weighted by atomic mass is 9.96. The molecule has 0 aromatic heterocycles. The van der Waals surface area contributed by atoms with E-state index < -0.39 is 0 Å². The van der Waals surface area contributed by atoms with Crippen LogP contribution in [0.25, 0.3) is 6.08 Å². The van der Waals surface area contributed by atoms with Gasteiger partial charge in [-0.25, -0.2) is 0 Å². The second kappa shape index (κ2) is 8.25. The molecule has 3 heteroatoms. The number of benzene rings is 1. The van der Waals surface area contributed by atoms with Gasteiger partial charge < -0.3 is 4.74 Å². The fraction of sp³-hybridized carbons (Fsp3) is 0.375. The quantitative estimate of drug-likeness (QED) is 0.558. The SMILES string of the molecule is CCOC(=O)CC(CC)C(=O)C=Cc1ccccc1. The second-order valence-corrected chi connectivity index (χ2v) is 4.26. The molecule has 1 atom stereocenters. The van der Waals surface area contributed by atoms with E-state index in [0.29, 0.717) is 13.0 Å². The van der Waals surface area contributed by atoms with Crippen LogP contribution in [0.1, 0.15) is 32.3 Å². The van der Waals surface area contributed by atoms with Crippen molar-refractivity contribution in [3.8, 4) is 0 Å². The molecule has 1 unspecified atom stereocenters. The van der Waals surface area contributed by atoms with Gasteiger partial charge in [-0.1, -0.05) is 43.3 Å². The Morgan fingerprint density at radius 3 is 2.47 bits per heavy atom. The fourth-order valence-electron chi connectivity index (χ4n) is 1.75. The molecule has 0 saturated heterocycles. The van der Waals surface area contributed by atoms with E-state index in [1.54, 1.807) is 19.1 Å². The molecule has 0 radical (unpaired) electrons. The van der Waals surface area contributed by atoms with Crippen molar-refractivity contribution >= 4 is 17.8 Å². The lowest BCUT2D eigenvalue weighted by molar-refractivity contribution is -0.145. The molecule has 0 saturated carbocycles. The lowest BCUT2D eigenvalue weighted by Crippen LogP contribution is -2.17. The van der Waals surface area contributed by atoms with Crippen molar-refractivity contribution in [1.29, 1.82) is 0 Å². The first kappa shape index (κ1) is 15.2. The molecular formula is C16H20O3. The summed E-state index contributed by atoms with van der Waals surface area (Å²) in [6.45, 7) is 4.01. The molecule has 0 aliphatic rings. The summed E-state index contributed by atoms with van der Waals surface area (Å²) < 4.78 is 4.87. The van der Waals surface area contributed by atoms with Gasteiger partial charge in [-0.2, -0.15) is 0 Å². The van der Waals surface area contributed by atoms with Gasteiger partial charge in [0.25, 0.3) is 0 Å². The van der Waals surface area contributed by atoms with Gasteiger partial charge in [0.15, 0.2) is 5.78 Å². The third-order valence-electron chi connectivity index (χ3n) is 2.85. The van der Waals surface area contributed by atoms with Gasteiger partial charge in [-0.15, -0.1) is 0 Å². The second-order valence-electron chi connectivity index (χ2n) is 4.26. The molecule has 19 heavy (non-hydrogen) atoms. The van der Waals surface area contributed by atoms with E-state index >= 15 is 0 Å². The Labute approximate surface area is 114 Å². The van der Waals surface area contributed by atoms with Crippen LogP contribution in [0, 0.1) is 5.92 Å². The number of carbonyl (C=O) groups excluding carboxylic acids is 2. The summed E-state index contributed by atoms with van der Waals surface area (Å²) in [4.78, 5) is 23.4. The number of carbonyl (C=O) groups is 2. The molecule has 0 aliphatic carbocycles. The fourth-order valence-corrected chi connectivity index (χ4v) is 1.75. The summed E-state index contributed by atoms with van der Waals surface area (Å²) in [5.41, 5.74) is 0.974. The Morgan fingerprint density at radius 2 is 1.89 bits per heavy atom. The van der Waals surface area contributed by atoms with Crippen molar-refractivity contribution < 1.29 is 14.3 Å². The van der Waals surface area contributed by atoms with Crippen LogP contribution in [0.15, 0.2) is 36.4 Å². The van der Waals surface area contributed by atoms with Crippen LogP contribution in [-0.2, 0) is 14.3 Å². The molecule has 1 aromatic rings. The van der Waals surface area contributed by atoms with Crippen LogP contribution in [-0.4, -0.2) is 18.4 Å². The van der Waals surface area contributed by atoms with E-state index in [4.69, 9.17) is 4.74 Å². The first-order valence-corrected chi connectivity index (χ1v) is 6.60. The van der Waals surface area contributed by atoms with E-state index in [1.165, 1.54) is 0 Å². The monoisotopic (exact) mass is 260 g/mol. The van der Waals surface area contributed by atoms with Gasteiger partial charge in [-0.05, 0) is 25.0 Å². The topological polar surface area (TPSA) is 43.4 Å². The highest BCUT2D eigenvalue weighted by molar-refractivity contribution is 5.97. The Kier molecular flexibility index (Phi) is 6.58. The molecule has 0 N–H and O–H groups in total. The summed E-state index contributed by atoms with van der Waals surface area (Å²) in [6, 6.07) is 9.61. The largest absolute Gasteiger partial charge is 0.466 e. The average Bonchev–Trinajstić information content (AvgIpc) is 2.43. The van der Waals surface area contributed by atoms with Crippen LogP contribution < -0.4 is 0 Å². The van der Waals surface area contributed by atoms with Crippen LogP contribution in [0.5, 0.6) is 0 Å². The zero-order valence-corrected chi connectivity index (χ0v) is 11.5. The van der Waals surface area contributed by atoms with E-state index in [-0.39, 0.29) is 24.1 Å². The molecule has 1 aromatic carbocycles. The first-order valence-electron chi connectivity index (χ1n) is 6.60. The van der Waals surface area contributed by atoms with Crippen molar-refractivity contribution in [2.75, 3.05) is 6.61 Å². The summed E-state index contributed by atoms with van der Waals surface area (Å²) in [5.74, 6) is -0.630. The molecule has 0 amide bonds. The third-order valence-corrected chi connectivity index (χ3v) is 2.85. The van der Waals surface area contributed by atoms with Crippen LogP contribution >= 0.6 is 0 Å². The Bertz CT molecular complexity index is 435. The Balaban J connectivity index is 2.59. The van der Waals surface area contributed by atoms with E-state index in [1.807, 2.05) is 37.3 Å². The zero-order chi connectivity index (χ0) is 14.1. The van der Waals surface area contributed by atoms with Crippen molar-refractivity contribution in [3.05, 3.63) is 42.0 Å². The molecule has 0 heterocycles. The van der Waals surface area contributed by atoms with Gasteiger partial charge >= 0.3 is 5.97 Å². The summed E-state index contributed by atoms with van der Waals surface area (Å²) >= 11 is 0. The molecule has 0 fully saturated rings. The maximum Gasteiger partial charge on any atom is 0.306 e. The molecule has 0 aliphatic heterocycles. The standard InChI is InChI=1S/C16H20O3/c1-3-14(12-16(18)19-4-2)15(17)11-10-13-8-6-5-7-9-13/h5-11,14H,3-4,12H2,1-2H3. The molecule has 0 bridgehead atoms. The van der Waals surface area contributed by atoms with E-state index in [2.05, 4.69) is 0 Å². The van der Waals surface area contributed by atoms with Crippen molar-refractivity contribution in [2.24, 2.45) is 5.92 Å². The van der Waals surface area contributed by atoms with Crippen LogP contribution in [0.3, 0.4) is 0 Å². The van der Waals surface area contributed by atoms with Crippen LogP contribution in [0.4, 0.5) is 0 Å². The van der Waals surface area contributed by atoms with E-state index in [9.17, 15) is 9.59 Å². The van der Waals surface area contributed by atoms with Gasteiger partial charge in [0.2, 0.25) is 0 Å². The highest BCUT2D eigenvalue weighted by atomic mass is 16.5. The number of ether oxygens (including phenoxy) is 1. The Hall–Kier alpha value is -1.90. The number of hydrogen-bond donors (Lipinski definition) is 0. The highest BCUT2D eigenvalue weighted by Crippen LogP contribution is 2.13. The van der Waals surface area contributed by atoms with Crippen LogP contribution in [0.2, 0.25) is 0 Å². The van der Waals surface area contributed by atoms with Gasteiger partial charge in [-0.3, -0.25) is 9.59 Å². The number of rotatable bonds is 7. The highest BCUT2D eigenvalue weighted by Gasteiger charge is 2.18. The molecule has 1 rings (SSSR count). The third kappa shape index (κ3) is 5.51. The predicted octanol–water partition coefficient (Wildman–Crippen LogP) is 3.25. The lowest BCUT2D eigenvalue weighted by Gasteiger charge is -2.10. The summed E-state index contributed by atoms with van der Waals surface area (Å²) in [5, 5.41) is 0. The van der Waals surface area contributed by atoms with Crippen molar-refractivity contribution in [1.82, 2.24) is 0 Å². The van der Waals surface area contributed by atoms with Gasteiger partial charge in [0.1, 0.15) is 0 Å². The van der Waals surface area contributed by atoms with Gasteiger partial charge in [0, 0.05) is 5.92 Å². The minimum Gasteiger partial charge on any atom is -0.466 e. The summed E-state index contributed by atoms with van der Waals surface area (Å²) in [6.07, 6.45) is 4.11. The number of hydrogen-bond acceptors (Lipinski definition) is 3. The maximum absolute atomic E-state index is 12.0. The number of esters is 1. The minimum atomic E-state index is -0.309. The molecule has 102 valence electrons. The van der Waals surface area contributed by atoms with Crippen molar-refractivity contribution in [3.63, 3.8) is 0 Å². The van der Waals surface area contributed by atoms with E-state index in [0.717, 1.165) is 5.56 Å².